The first-order valence-corrected chi connectivity index (χ1v) is 7.30. The minimum Gasteiger partial charge on any atom is -0.299 e. The van der Waals surface area contributed by atoms with Gasteiger partial charge in [0.15, 0.2) is 0 Å². The van der Waals surface area contributed by atoms with Crippen molar-refractivity contribution in [1.29, 1.82) is 0 Å². The zero-order valence-corrected chi connectivity index (χ0v) is 11.9. The van der Waals surface area contributed by atoms with Crippen molar-refractivity contribution in [2.24, 2.45) is 0 Å². The Morgan fingerprint density at radius 3 is 2.74 bits per heavy atom. The van der Waals surface area contributed by atoms with Gasteiger partial charge in [0.2, 0.25) is 5.78 Å². The second kappa shape index (κ2) is 5.23. The topological polar surface area (TPSA) is 41.4 Å². The summed E-state index contributed by atoms with van der Waals surface area (Å²) >= 11 is 6.16. The smallest absolute Gasteiger partial charge is 0.200 e. The van der Waals surface area contributed by atoms with Gasteiger partial charge in [-0.3, -0.25) is 19.3 Å². The van der Waals surface area contributed by atoms with Gasteiger partial charge in [0.1, 0.15) is 5.69 Å². The van der Waals surface area contributed by atoms with Crippen LogP contribution in [-0.2, 0) is 6.54 Å². The summed E-state index contributed by atoms with van der Waals surface area (Å²) in [6.07, 6.45) is 2.53. The fourth-order valence-electron chi connectivity index (χ4n) is 3.01. The molecule has 0 aromatic carbocycles. The molecule has 3 aliphatic rings. The van der Waals surface area contributed by atoms with Crippen LogP contribution >= 0.6 is 11.6 Å². The molecule has 0 saturated carbocycles. The Labute approximate surface area is 118 Å². The quantitative estimate of drug-likeness (QED) is 0.777. The maximum absolute atomic E-state index is 12.8. The Hall–Kier alpha value is -0.910. The van der Waals surface area contributed by atoms with Crippen molar-refractivity contribution in [2.45, 2.75) is 25.9 Å². The number of piperazine rings is 3. The summed E-state index contributed by atoms with van der Waals surface area (Å²) in [7, 11) is 0. The molecular formula is C13H19ClN4O. The number of aromatic nitrogens is 2. The summed E-state index contributed by atoms with van der Waals surface area (Å²) in [5.41, 5.74) is 0.585. The highest BCUT2D eigenvalue weighted by atomic mass is 35.5. The first-order chi connectivity index (χ1) is 9.20. The molecule has 0 radical (unpaired) electrons. The van der Waals surface area contributed by atoms with Crippen LogP contribution in [0.25, 0.3) is 0 Å². The lowest BCUT2D eigenvalue weighted by Gasteiger charge is -2.46. The molecule has 5 nitrogen and oxygen atoms in total. The van der Waals surface area contributed by atoms with Gasteiger partial charge >= 0.3 is 0 Å². The van der Waals surface area contributed by atoms with Crippen molar-refractivity contribution in [3.8, 4) is 0 Å². The van der Waals surface area contributed by atoms with Crippen molar-refractivity contribution >= 4 is 17.4 Å². The van der Waals surface area contributed by atoms with Crippen LogP contribution in [0.15, 0.2) is 6.20 Å². The number of hydrogen-bond acceptors (Lipinski definition) is 4. The molecule has 3 fully saturated rings. The van der Waals surface area contributed by atoms with Crippen LogP contribution in [0.5, 0.6) is 0 Å². The number of Topliss-reactive ketones (excluding diaryl/α,β-unsaturated/α-hetero) is 1. The number of nitrogens with zero attached hydrogens (tertiary/aromatic N) is 4. The lowest BCUT2D eigenvalue weighted by atomic mass is 10.0. The minimum absolute atomic E-state index is 0.0488. The Morgan fingerprint density at radius 2 is 2.16 bits per heavy atom. The van der Waals surface area contributed by atoms with Crippen LogP contribution in [0.3, 0.4) is 0 Å². The van der Waals surface area contributed by atoms with Gasteiger partial charge in [0, 0.05) is 39.3 Å². The normalized spacial score (nSPS) is 29.7. The Balaban J connectivity index is 1.85. The lowest BCUT2D eigenvalue weighted by Crippen LogP contribution is -2.63. The zero-order chi connectivity index (χ0) is 13.4. The number of halogens is 1. The molecule has 6 heteroatoms. The molecule has 3 aliphatic heterocycles. The maximum Gasteiger partial charge on any atom is 0.200 e. The van der Waals surface area contributed by atoms with E-state index in [9.17, 15) is 4.79 Å². The summed E-state index contributed by atoms with van der Waals surface area (Å²) in [5, 5.41) is 4.70. The predicted octanol–water partition coefficient (Wildman–Crippen LogP) is 1.13. The monoisotopic (exact) mass is 282 g/mol. The molecule has 0 aliphatic carbocycles. The van der Waals surface area contributed by atoms with E-state index >= 15 is 0 Å². The number of ketones is 1. The Kier molecular flexibility index (Phi) is 3.60. The fraction of sp³-hybridized carbons (Fsp3) is 0.692. The van der Waals surface area contributed by atoms with Gasteiger partial charge in [-0.1, -0.05) is 18.5 Å². The highest BCUT2D eigenvalue weighted by molar-refractivity contribution is 6.33. The van der Waals surface area contributed by atoms with Gasteiger partial charge in [-0.25, -0.2) is 0 Å². The lowest BCUT2D eigenvalue weighted by molar-refractivity contribution is 0.0153. The molecule has 19 heavy (non-hydrogen) atoms. The molecule has 4 heterocycles. The molecule has 1 atom stereocenters. The van der Waals surface area contributed by atoms with E-state index in [-0.39, 0.29) is 11.8 Å². The number of rotatable bonds is 4. The second-order valence-corrected chi connectivity index (χ2v) is 5.69. The standard InChI is InChI=1S/C13H19ClN4O/c1-2-3-18-12(10(14)8-15-18)13(19)11-9-16-4-6-17(11)7-5-16/h8,11H,2-7,9H2,1H3. The van der Waals surface area contributed by atoms with Crippen molar-refractivity contribution in [3.05, 3.63) is 16.9 Å². The fourth-order valence-corrected chi connectivity index (χ4v) is 3.25. The number of aryl methyl sites for hydroxylation is 1. The molecule has 0 amide bonds. The number of carbonyl (C=O) groups is 1. The second-order valence-electron chi connectivity index (χ2n) is 5.28. The van der Waals surface area contributed by atoms with Crippen molar-refractivity contribution in [2.75, 3.05) is 32.7 Å². The number of hydrogen-bond donors (Lipinski definition) is 0. The van der Waals surface area contributed by atoms with E-state index in [1.54, 1.807) is 10.9 Å². The highest BCUT2D eigenvalue weighted by Gasteiger charge is 2.38. The highest BCUT2D eigenvalue weighted by Crippen LogP contribution is 2.23. The minimum atomic E-state index is -0.0488. The van der Waals surface area contributed by atoms with E-state index in [1.165, 1.54) is 0 Å². The first kappa shape index (κ1) is 13.1. The summed E-state index contributed by atoms with van der Waals surface area (Å²) in [6.45, 7) is 7.75. The van der Waals surface area contributed by atoms with E-state index in [4.69, 9.17) is 11.6 Å². The molecule has 1 aromatic heterocycles. The van der Waals surface area contributed by atoms with E-state index in [1.807, 2.05) is 0 Å². The number of carbonyl (C=O) groups excluding carboxylic acids is 1. The van der Waals surface area contributed by atoms with Gasteiger partial charge in [-0.15, -0.1) is 0 Å². The third kappa shape index (κ3) is 2.30. The number of fused-ring (bicyclic) bond motifs is 3. The average molecular weight is 283 g/mol. The molecule has 4 rings (SSSR count). The van der Waals surface area contributed by atoms with Crippen molar-refractivity contribution in [1.82, 2.24) is 19.6 Å². The van der Waals surface area contributed by atoms with Gasteiger partial charge in [0.25, 0.3) is 0 Å². The van der Waals surface area contributed by atoms with E-state index in [0.717, 1.165) is 45.7 Å². The molecular weight excluding hydrogens is 264 g/mol. The third-order valence-corrected chi connectivity index (χ3v) is 4.32. The molecule has 0 spiro atoms. The third-order valence-electron chi connectivity index (χ3n) is 4.05. The van der Waals surface area contributed by atoms with Gasteiger partial charge in [-0.2, -0.15) is 5.10 Å². The molecule has 1 aromatic rings. The summed E-state index contributed by atoms with van der Waals surface area (Å²) in [4.78, 5) is 17.4. The van der Waals surface area contributed by atoms with Crippen LogP contribution in [0.1, 0.15) is 23.8 Å². The van der Waals surface area contributed by atoms with Gasteiger partial charge < -0.3 is 0 Å². The van der Waals surface area contributed by atoms with Crippen molar-refractivity contribution < 1.29 is 4.79 Å². The predicted molar refractivity (Wildman–Crippen MR) is 73.7 cm³/mol. The van der Waals surface area contributed by atoms with E-state index < -0.39 is 0 Å². The Bertz CT molecular complexity index is 479. The molecule has 3 saturated heterocycles. The first-order valence-electron chi connectivity index (χ1n) is 6.92. The molecule has 104 valence electrons. The summed E-state index contributed by atoms with van der Waals surface area (Å²) in [6, 6.07) is -0.0488. The maximum atomic E-state index is 12.8. The van der Waals surface area contributed by atoms with Crippen LogP contribution in [-0.4, -0.2) is 64.1 Å². The molecule has 1 unspecified atom stereocenters. The van der Waals surface area contributed by atoms with Crippen LogP contribution in [0, 0.1) is 0 Å². The van der Waals surface area contributed by atoms with Gasteiger partial charge in [-0.05, 0) is 6.42 Å². The Morgan fingerprint density at radius 1 is 1.42 bits per heavy atom. The van der Waals surface area contributed by atoms with E-state index in [0.29, 0.717) is 10.7 Å². The summed E-state index contributed by atoms with van der Waals surface area (Å²) in [5.74, 6) is 0.125. The van der Waals surface area contributed by atoms with Crippen LogP contribution in [0.2, 0.25) is 5.02 Å². The zero-order valence-electron chi connectivity index (χ0n) is 11.2. The summed E-state index contributed by atoms with van der Waals surface area (Å²) < 4.78 is 1.75. The largest absolute Gasteiger partial charge is 0.299 e. The van der Waals surface area contributed by atoms with E-state index in [2.05, 4.69) is 21.8 Å². The van der Waals surface area contributed by atoms with Crippen molar-refractivity contribution in [3.63, 3.8) is 0 Å². The van der Waals surface area contributed by atoms with Crippen LogP contribution in [0.4, 0.5) is 0 Å². The van der Waals surface area contributed by atoms with Crippen LogP contribution < -0.4 is 0 Å². The average Bonchev–Trinajstić information content (AvgIpc) is 2.81. The molecule has 0 N–H and O–H groups in total. The SMILES string of the molecule is CCCn1ncc(Cl)c1C(=O)C1CN2CCN1CC2. The molecule has 2 bridgehead atoms. The van der Waals surface area contributed by atoms with Gasteiger partial charge in [0.05, 0.1) is 17.3 Å².